The normalized spacial score (nSPS) is 19.5. The zero-order chi connectivity index (χ0) is 24.5. The van der Waals surface area contributed by atoms with E-state index in [4.69, 9.17) is 9.84 Å². The Morgan fingerprint density at radius 3 is 2.18 bits per heavy atom. The van der Waals surface area contributed by atoms with Gasteiger partial charge in [-0.05, 0) is 40.0 Å². The van der Waals surface area contributed by atoms with E-state index in [2.05, 4.69) is 34.9 Å². The number of carbonyl (C=O) groups is 3. The molecule has 0 saturated heterocycles. The van der Waals surface area contributed by atoms with Crippen LogP contribution in [-0.2, 0) is 14.3 Å². The lowest BCUT2D eigenvalue weighted by Crippen LogP contribution is -2.46. The molecule has 2 aromatic rings. The van der Waals surface area contributed by atoms with E-state index in [-0.39, 0.29) is 42.1 Å². The number of carboxylic acid groups (broad SMARTS) is 1. The number of alkyl carbamates (subject to hydrolysis) is 1. The van der Waals surface area contributed by atoms with Crippen molar-refractivity contribution in [1.82, 2.24) is 10.6 Å². The summed E-state index contributed by atoms with van der Waals surface area (Å²) < 4.78 is 5.55. The monoisotopic (exact) mass is 464 g/mol. The lowest BCUT2D eigenvalue weighted by atomic mass is 9.84. The van der Waals surface area contributed by atoms with E-state index in [1.807, 2.05) is 45.0 Å². The minimum absolute atomic E-state index is 0.00108. The summed E-state index contributed by atoms with van der Waals surface area (Å²) in [5.74, 6) is -1.27. The van der Waals surface area contributed by atoms with Crippen LogP contribution in [0.25, 0.3) is 11.1 Å². The fourth-order valence-electron chi connectivity index (χ4n) is 4.69. The van der Waals surface area contributed by atoms with E-state index in [0.29, 0.717) is 13.0 Å². The average molecular weight is 465 g/mol. The number of rotatable bonds is 8. The first-order chi connectivity index (χ1) is 16.1. The summed E-state index contributed by atoms with van der Waals surface area (Å²) in [6.07, 6.45) is 0.0516. The lowest BCUT2D eigenvalue weighted by Gasteiger charge is -2.30. The molecule has 0 spiro atoms. The van der Waals surface area contributed by atoms with Crippen LogP contribution in [0.1, 0.15) is 50.7 Å². The summed E-state index contributed by atoms with van der Waals surface area (Å²) in [5.41, 5.74) is 4.30. The molecule has 180 valence electrons. The smallest absolute Gasteiger partial charge is 0.407 e. The number of amides is 2. The number of benzene rings is 2. The van der Waals surface area contributed by atoms with Crippen LogP contribution < -0.4 is 10.6 Å². The molecule has 2 aliphatic carbocycles. The third kappa shape index (κ3) is 5.24. The predicted molar refractivity (Wildman–Crippen MR) is 128 cm³/mol. The highest BCUT2D eigenvalue weighted by Gasteiger charge is 2.44. The van der Waals surface area contributed by atoms with E-state index >= 15 is 0 Å². The van der Waals surface area contributed by atoms with Crippen molar-refractivity contribution in [3.8, 4) is 11.1 Å². The Labute approximate surface area is 199 Å². The summed E-state index contributed by atoms with van der Waals surface area (Å²) in [5, 5.41) is 14.8. The summed E-state index contributed by atoms with van der Waals surface area (Å²) >= 11 is 0. The standard InChI is InChI=1S/C27H32N2O5/c1-27(2,3)23(13-24(30)31)29-25(32)21-12-16(21)14-28-26(33)34-15-22-19-10-6-4-8-17(19)18-9-5-7-11-20(18)22/h4-11,16,21-23H,12-15H2,1-3H3,(H,28,33)(H,29,32)(H,30,31)/t16-,21-,23?/m1/s1. The fourth-order valence-corrected chi connectivity index (χ4v) is 4.69. The summed E-state index contributed by atoms with van der Waals surface area (Å²) in [4.78, 5) is 36.1. The third-order valence-electron chi connectivity index (χ3n) is 6.85. The maximum absolute atomic E-state index is 12.6. The Bertz CT molecular complexity index is 1040. The molecule has 2 amide bonds. The Kier molecular flexibility index (Phi) is 6.64. The number of ether oxygens (including phenoxy) is 1. The summed E-state index contributed by atoms with van der Waals surface area (Å²) in [6.45, 7) is 6.32. The van der Waals surface area contributed by atoms with E-state index in [9.17, 15) is 14.4 Å². The van der Waals surface area contributed by atoms with Crippen molar-refractivity contribution in [3.63, 3.8) is 0 Å². The predicted octanol–water partition coefficient (Wildman–Crippen LogP) is 4.17. The Hall–Kier alpha value is -3.35. The second-order valence-corrected chi connectivity index (χ2v) is 10.3. The first-order valence-electron chi connectivity index (χ1n) is 11.8. The molecule has 2 aliphatic rings. The van der Waals surface area contributed by atoms with Crippen molar-refractivity contribution in [2.24, 2.45) is 17.3 Å². The molecule has 7 heteroatoms. The van der Waals surface area contributed by atoms with E-state index < -0.39 is 18.1 Å². The highest BCUT2D eigenvalue weighted by atomic mass is 16.5. The number of hydrogen-bond donors (Lipinski definition) is 3. The Morgan fingerprint density at radius 1 is 1.03 bits per heavy atom. The van der Waals surface area contributed by atoms with Gasteiger partial charge in [-0.1, -0.05) is 69.3 Å². The van der Waals surface area contributed by atoms with Gasteiger partial charge in [-0.25, -0.2) is 4.79 Å². The van der Waals surface area contributed by atoms with Gasteiger partial charge in [0.15, 0.2) is 0 Å². The molecule has 4 rings (SSSR count). The molecule has 0 aromatic heterocycles. The van der Waals surface area contributed by atoms with Gasteiger partial charge >= 0.3 is 12.1 Å². The lowest BCUT2D eigenvalue weighted by molar-refractivity contribution is -0.138. The molecule has 3 N–H and O–H groups in total. The van der Waals surface area contributed by atoms with E-state index in [1.54, 1.807) is 0 Å². The maximum Gasteiger partial charge on any atom is 0.407 e. The quantitative estimate of drug-likeness (QED) is 0.544. The van der Waals surface area contributed by atoms with Crippen LogP contribution in [0.5, 0.6) is 0 Å². The number of carboxylic acids is 1. The highest BCUT2D eigenvalue weighted by molar-refractivity contribution is 5.83. The molecule has 1 unspecified atom stereocenters. The molecule has 2 aromatic carbocycles. The molecule has 0 aliphatic heterocycles. The van der Waals surface area contributed by atoms with Crippen LogP contribution in [0.2, 0.25) is 0 Å². The van der Waals surface area contributed by atoms with Gasteiger partial charge in [-0.3, -0.25) is 9.59 Å². The summed E-state index contributed by atoms with van der Waals surface area (Å²) in [6, 6.07) is 15.9. The van der Waals surface area contributed by atoms with Gasteiger partial charge < -0.3 is 20.5 Å². The highest BCUT2D eigenvalue weighted by Crippen LogP contribution is 2.44. The van der Waals surface area contributed by atoms with Gasteiger partial charge in [-0.2, -0.15) is 0 Å². The number of hydrogen-bond acceptors (Lipinski definition) is 4. The second kappa shape index (κ2) is 9.49. The topological polar surface area (TPSA) is 105 Å². The number of nitrogens with one attached hydrogen (secondary N) is 2. The SMILES string of the molecule is CC(C)(C)C(CC(=O)O)NC(=O)[C@@H]1C[C@@H]1CNC(=O)OCC1c2ccccc2-c2ccccc21. The van der Waals surface area contributed by atoms with Gasteiger partial charge in [-0.15, -0.1) is 0 Å². The first kappa shape index (κ1) is 23.8. The first-order valence-corrected chi connectivity index (χ1v) is 11.8. The van der Waals surface area contributed by atoms with Gasteiger partial charge in [0.2, 0.25) is 5.91 Å². The zero-order valence-electron chi connectivity index (χ0n) is 19.8. The fraction of sp³-hybridized carbons (Fsp3) is 0.444. The molecule has 3 atom stereocenters. The van der Waals surface area contributed by atoms with Crippen LogP contribution in [0.15, 0.2) is 48.5 Å². The van der Waals surface area contributed by atoms with Crippen molar-refractivity contribution in [1.29, 1.82) is 0 Å². The minimum Gasteiger partial charge on any atom is -0.481 e. The second-order valence-electron chi connectivity index (χ2n) is 10.3. The number of fused-ring (bicyclic) bond motifs is 3. The zero-order valence-corrected chi connectivity index (χ0v) is 19.8. The molecule has 1 fully saturated rings. The molecule has 0 bridgehead atoms. The average Bonchev–Trinajstić information content (AvgIpc) is 3.50. The molecule has 7 nitrogen and oxygen atoms in total. The van der Waals surface area contributed by atoms with Crippen molar-refractivity contribution in [2.45, 2.75) is 45.6 Å². The maximum atomic E-state index is 12.6. The van der Waals surface area contributed by atoms with Crippen molar-refractivity contribution >= 4 is 18.0 Å². The summed E-state index contributed by atoms with van der Waals surface area (Å²) in [7, 11) is 0. The van der Waals surface area contributed by atoms with Crippen LogP contribution >= 0.6 is 0 Å². The Morgan fingerprint density at radius 2 is 1.62 bits per heavy atom. The van der Waals surface area contributed by atoms with Crippen molar-refractivity contribution in [2.75, 3.05) is 13.2 Å². The largest absolute Gasteiger partial charge is 0.481 e. The van der Waals surface area contributed by atoms with Gasteiger partial charge in [0.05, 0.1) is 6.42 Å². The van der Waals surface area contributed by atoms with Gasteiger partial charge in [0.1, 0.15) is 6.61 Å². The Balaban J connectivity index is 1.25. The van der Waals surface area contributed by atoms with Gasteiger partial charge in [0.25, 0.3) is 0 Å². The van der Waals surface area contributed by atoms with Crippen molar-refractivity contribution in [3.05, 3.63) is 59.7 Å². The third-order valence-corrected chi connectivity index (χ3v) is 6.85. The molecule has 34 heavy (non-hydrogen) atoms. The number of carbonyl (C=O) groups excluding carboxylic acids is 2. The van der Waals surface area contributed by atoms with Crippen molar-refractivity contribution < 1.29 is 24.2 Å². The molecular weight excluding hydrogens is 432 g/mol. The van der Waals surface area contributed by atoms with Crippen LogP contribution in [0, 0.1) is 17.3 Å². The van der Waals surface area contributed by atoms with E-state index in [0.717, 1.165) is 11.1 Å². The number of aliphatic carboxylic acids is 1. The van der Waals surface area contributed by atoms with Crippen LogP contribution in [0.3, 0.4) is 0 Å². The van der Waals surface area contributed by atoms with Gasteiger partial charge in [0, 0.05) is 24.4 Å². The van der Waals surface area contributed by atoms with Crippen LogP contribution in [0.4, 0.5) is 4.79 Å². The molecule has 0 heterocycles. The van der Waals surface area contributed by atoms with Crippen LogP contribution in [-0.4, -0.2) is 42.3 Å². The molecule has 1 saturated carbocycles. The van der Waals surface area contributed by atoms with E-state index in [1.165, 1.54) is 11.1 Å². The molecular formula is C27H32N2O5. The minimum atomic E-state index is -0.940. The molecule has 0 radical (unpaired) electrons.